The van der Waals surface area contributed by atoms with E-state index in [1.807, 2.05) is 13.0 Å². The van der Waals surface area contributed by atoms with Gasteiger partial charge in [0.1, 0.15) is 12.1 Å². The number of nitrogens with zero attached hydrogens (tertiary/aromatic N) is 5. The minimum absolute atomic E-state index is 0.354. The predicted molar refractivity (Wildman–Crippen MR) is 71.8 cm³/mol. The average Bonchev–Trinajstić information content (AvgIpc) is 2.89. The van der Waals surface area contributed by atoms with Gasteiger partial charge in [-0.15, -0.1) is 0 Å². The summed E-state index contributed by atoms with van der Waals surface area (Å²) in [7, 11) is 0. The Morgan fingerprint density at radius 3 is 2.95 bits per heavy atom. The van der Waals surface area contributed by atoms with Gasteiger partial charge in [-0.05, 0) is 25.1 Å². The zero-order chi connectivity index (χ0) is 14.1. The van der Waals surface area contributed by atoms with E-state index in [9.17, 15) is 0 Å². The van der Waals surface area contributed by atoms with Crippen LogP contribution in [0.5, 0.6) is 11.6 Å². The average molecular weight is 286 g/mol. The molecule has 0 aliphatic heterocycles. The van der Waals surface area contributed by atoms with Crippen LogP contribution in [0.4, 0.5) is 0 Å². The lowest BCUT2D eigenvalue weighted by Gasteiger charge is -2.09. The maximum absolute atomic E-state index is 8.81. The summed E-state index contributed by atoms with van der Waals surface area (Å²) in [5.41, 5.74) is 1.23. The fraction of sp³-hybridized carbons (Fsp3) is 0.0769. The molecule has 2 aromatic heterocycles. The van der Waals surface area contributed by atoms with Crippen molar-refractivity contribution in [3.8, 4) is 17.7 Å². The van der Waals surface area contributed by atoms with Gasteiger partial charge in [0.2, 0.25) is 5.88 Å². The molecule has 7 heteroatoms. The standard InChI is InChI=1S/C13H8ClN5O/c1-8-4-12(19-13(18-8)16-7-17-19)20-11-3-2-9(6-15)5-10(11)14/h2-5,7H,1H3. The number of nitriles is 1. The number of rotatable bonds is 2. The molecule has 0 unspecified atom stereocenters. The Balaban J connectivity index is 2.05. The van der Waals surface area contributed by atoms with Crippen molar-refractivity contribution in [1.82, 2.24) is 19.6 Å². The summed E-state index contributed by atoms with van der Waals surface area (Å²) in [4.78, 5) is 8.24. The van der Waals surface area contributed by atoms with Gasteiger partial charge in [-0.2, -0.15) is 19.9 Å². The number of fused-ring (bicyclic) bond motifs is 1. The summed E-state index contributed by atoms with van der Waals surface area (Å²) in [6.07, 6.45) is 1.40. The summed E-state index contributed by atoms with van der Waals surface area (Å²) in [6, 6.07) is 8.56. The van der Waals surface area contributed by atoms with Crippen LogP contribution in [-0.2, 0) is 0 Å². The third-order valence-corrected chi connectivity index (χ3v) is 2.92. The molecule has 0 aliphatic carbocycles. The van der Waals surface area contributed by atoms with E-state index < -0.39 is 0 Å². The van der Waals surface area contributed by atoms with Crippen LogP contribution >= 0.6 is 11.6 Å². The van der Waals surface area contributed by atoms with Crippen molar-refractivity contribution in [2.45, 2.75) is 6.92 Å². The molecular formula is C13H8ClN5O. The molecule has 0 bridgehead atoms. The second-order valence-corrected chi connectivity index (χ2v) is 4.47. The lowest BCUT2D eigenvalue weighted by Crippen LogP contribution is -1.99. The number of hydrogen-bond donors (Lipinski definition) is 0. The van der Waals surface area contributed by atoms with Crippen LogP contribution in [-0.4, -0.2) is 19.6 Å². The first kappa shape index (κ1) is 12.4. The Bertz CT molecular complexity index is 836. The first-order valence-electron chi connectivity index (χ1n) is 5.72. The van der Waals surface area contributed by atoms with Crippen LogP contribution in [0.3, 0.4) is 0 Å². The molecule has 0 fully saturated rings. The molecule has 2 heterocycles. The third-order valence-electron chi connectivity index (χ3n) is 2.62. The molecule has 0 amide bonds. The van der Waals surface area contributed by atoms with E-state index in [1.165, 1.54) is 10.8 Å². The summed E-state index contributed by atoms with van der Waals surface area (Å²) >= 11 is 6.09. The lowest BCUT2D eigenvalue weighted by atomic mass is 10.2. The highest BCUT2D eigenvalue weighted by Gasteiger charge is 2.10. The minimum atomic E-state index is 0.354. The van der Waals surface area contributed by atoms with E-state index >= 15 is 0 Å². The fourth-order valence-electron chi connectivity index (χ4n) is 1.74. The number of ether oxygens (including phenoxy) is 1. The summed E-state index contributed by atoms with van der Waals surface area (Å²) < 4.78 is 7.21. The number of hydrogen-bond acceptors (Lipinski definition) is 5. The first-order valence-corrected chi connectivity index (χ1v) is 6.10. The second-order valence-electron chi connectivity index (χ2n) is 4.07. The van der Waals surface area contributed by atoms with Gasteiger partial charge in [0.05, 0.1) is 16.7 Å². The largest absolute Gasteiger partial charge is 0.437 e. The van der Waals surface area contributed by atoms with Gasteiger partial charge in [-0.1, -0.05) is 11.6 Å². The molecule has 0 N–H and O–H groups in total. The molecule has 0 atom stereocenters. The van der Waals surface area contributed by atoms with Crippen LogP contribution in [0.25, 0.3) is 5.78 Å². The molecule has 20 heavy (non-hydrogen) atoms. The zero-order valence-corrected chi connectivity index (χ0v) is 11.2. The predicted octanol–water partition coefficient (Wildman–Crippen LogP) is 2.75. The van der Waals surface area contributed by atoms with Gasteiger partial charge in [0, 0.05) is 11.8 Å². The van der Waals surface area contributed by atoms with Gasteiger partial charge in [-0.25, -0.2) is 4.98 Å². The summed E-state index contributed by atoms with van der Waals surface area (Å²) in [5, 5.41) is 13.2. The van der Waals surface area contributed by atoms with E-state index in [0.29, 0.717) is 28.0 Å². The highest BCUT2D eigenvalue weighted by Crippen LogP contribution is 2.30. The van der Waals surface area contributed by atoms with E-state index in [2.05, 4.69) is 15.1 Å². The van der Waals surface area contributed by atoms with Crippen LogP contribution < -0.4 is 4.74 Å². The Kier molecular flexibility index (Phi) is 2.97. The number of halogens is 1. The van der Waals surface area contributed by atoms with E-state index in [4.69, 9.17) is 21.6 Å². The molecule has 0 saturated carbocycles. The van der Waals surface area contributed by atoms with Crippen molar-refractivity contribution in [2.75, 3.05) is 0 Å². The number of aryl methyl sites for hydroxylation is 1. The molecule has 0 spiro atoms. The highest BCUT2D eigenvalue weighted by molar-refractivity contribution is 6.32. The van der Waals surface area contributed by atoms with E-state index in [0.717, 1.165) is 5.69 Å². The van der Waals surface area contributed by atoms with Crippen molar-refractivity contribution in [2.24, 2.45) is 0 Å². The first-order chi connectivity index (χ1) is 9.67. The van der Waals surface area contributed by atoms with Crippen molar-refractivity contribution in [1.29, 1.82) is 5.26 Å². The Hall–Kier alpha value is -2.65. The van der Waals surface area contributed by atoms with Crippen molar-refractivity contribution in [3.05, 3.63) is 46.9 Å². The number of benzene rings is 1. The quantitative estimate of drug-likeness (QED) is 0.723. The van der Waals surface area contributed by atoms with E-state index in [1.54, 1.807) is 24.3 Å². The second kappa shape index (κ2) is 4.79. The van der Waals surface area contributed by atoms with Crippen LogP contribution in [0, 0.1) is 18.3 Å². The molecule has 3 rings (SSSR count). The minimum Gasteiger partial charge on any atom is -0.437 e. The summed E-state index contributed by atoms with van der Waals surface area (Å²) in [6.45, 7) is 1.84. The fourth-order valence-corrected chi connectivity index (χ4v) is 1.95. The van der Waals surface area contributed by atoms with Gasteiger partial charge in [-0.3, -0.25) is 0 Å². The number of aromatic nitrogens is 4. The monoisotopic (exact) mass is 285 g/mol. The van der Waals surface area contributed by atoms with Crippen LogP contribution in [0.15, 0.2) is 30.6 Å². The SMILES string of the molecule is Cc1cc(Oc2ccc(C#N)cc2Cl)n2ncnc2n1. The van der Waals surface area contributed by atoms with Gasteiger partial charge >= 0.3 is 0 Å². The maximum atomic E-state index is 8.81. The molecule has 0 radical (unpaired) electrons. The lowest BCUT2D eigenvalue weighted by molar-refractivity contribution is 0.445. The normalized spacial score (nSPS) is 10.4. The maximum Gasteiger partial charge on any atom is 0.255 e. The molecule has 1 aromatic carbocycles. The van der Waals surface area contributed by atoms with Gasteiger partial charge in [0.15, 0.2) is 0 Å². The van der Waals surface area contributed by atoms with Crippen molar-refractivity contribution < 1.29 is 4.74 Å². The molecule has 3 aromatic rings. The van der Waals surface area contributed by atoms with E-state index in [-0.39, 0.29) is 0 Å². The molecular weight excluding hydrogens is 278 g/mol. The third kappa shape index (κ3) is 2.15. The Labute approximate surface area is 119 Å². The zero-order valence-electron chi connectivity index (χ0n) is 10.4. The Morgan fingerprint density at radius 1 is 1.35 bits per heavy atom. The van der Waals surface area contributed by atoms with Gasteiger partial charge < -0.3 is 4.74 Å². The molecule has 0 aliphatic rings. The topological polar surface area (TPSA) is 76.1 Å². The summed E-state index contributed by atoms with van der Waals surface area (Å²) in [5.74, 6) is 1.34. The molecule has 6 nitrogen and oxygen atoms in total. The molecule has 98 valence electrons. The Morgan fingerprint density at radius 2 is 2.20 bits per heavy atom. The smallest absolute Gasteiger partial charge is 0.255 e. The van der Waals surface area contributed by atoms with Crippen LogP contribution in [0.2, 0.25) is 5.02 Å². The highest BCUT2D eigenvalue weighted by atomic mass is 35.5. The van der Waals surface area contributed by atoms with Gasteiger partial charge in [0.25, 0.3) is 5.78 Å². The van der Waals surface area contributed by atoms with Crippen molar-refractivity contribution in [3.63, 3.8) is 0 Å². The molecule has 0 saturated heterocycles. The van der Waals surface area contributed by atoms with Crippen molar-refractivity contribution >= 4 is 17.4 Å². The van der Waals surface area contributed by atoms with Crippen LogP contribution in [0.1, 0.15) is 11.3 Å².